The molecular formula is C21H20N6O2. The Labute approximate surface area is 168 Å². The Hall–Kier alpha value is -3.94. The van der Waals surface area contributed by atoms with Crippen LogP contribution >= 0.6 is 0 Å². The van der Waals surface area contributed by atoms with Crippen LogP contribution in [-0.2, 0) is 13.2 Å². The third kappa shape index (κ3) is 4.67. The highest BCUT2D eigenvalue weighted by atomic mass is 16.5. The van der Waals surface area contributed by atoms with Gasteiger partial charge in [0.2, 0.25) is 0 Å². The lowest BCUT2D eigenvalue weighted by atomic mass is 10.2. The molecule has 4 rings (SSSR count). The van der Waals surface area contributed by atoms with Gasteiger partial charge in [0.25, 0.3) is 0 Å². The van der Waals surface area contributed by atoms with E-state index in [0.29, 0.717) is 36.3 Å². The fourth-order valence-electron chi connectivity index (χ4n) is 2.73. The fourth-order valence-corrected chi connectivity index (χ4v) is 2.73. The number of hydrogen-bond acceptors (Lipinski definition) is 7. The van der Waals surface area contributed by atoms with Crippen molar-refractivity contribution in [3.63, 3.8) is 0 Å². The number of nitrogens with zero attached hydrogens (tertiary/aromatic N) is 5. The van der Waals surface area contributed by atoms with Crippen LogP contribution in [0.2, 0.25) is 0 Å². The summed E-state index contributed by atoms with van der Waals surface area (Å²) in [4.78, 5) is 12.7. The first-order valence-electron chi connectivity index (χ1n) is 9.06. The fraction of sp³-hybridized carbons (Fsp3) is 0.143. The third-order valence-electron chi connectivity index (χ3n) is 4.21. The number of rotatable bonds is 8. The molecular weight excluding hydrogens is 368 g/mol. The van der Waals surface area contributed by atoms with Crippen molar-refractivity contribution in [3.8, 4) is 17.3 Å². The van der Waals surface area contributed by atoms with E-state index in [1.807, 2.05) is 42.6 Å². The van der Waals surface area contributed by atoms with Gasteiger partial charge in [-0.1, -0.05) is 6.07 Å². The van der Waals surface area contributed by atoms with Crippen molar-refractivity contribution in [2.45, 2.75) is 13.2 Å². The van der Waals surface area contributed by atoms with Gasteiger partial charge in [0.15, 0.2) is 17.3 Å². The number of hydrogen-bond donors (Lipinski definition) is 1. The average molecular weight is 388 g/mol. The maximum Gasteiger partial charge on any atom is 0.173 e. The standard InChI is InChI=1S/C21H20N6O2/c1-28-19-11-17(3-4-18(19)29-15-16-5-8-22-9-6-16)12-24-20-13-23-14-21(26-20)27-10-2-7-25-27/h2-11,13-14H,12,15H2,1H3,(H,24,26). The van der Waals surface area contributed by atoms with Crippen LogP contribution in [0.25, 0.3) is 5.82 Å². The number of anilines is 1. The molecule has 4 aromatic rings. The summed E-state index contributed by atoms with van der Waals surface area (Å²) in [6.45, 7) is 1.02. The molecule has 0 unspecified atom stereocenters. The summed E-state index contributed by atoms with van der Waals surface area (Å²) >= 11 is 0. The van der Waals surface area contributed by atoms with Gasteiger partial charge in [-0.05, 0) is 41.5 Å². The quantitative estimate of drug-likeness (QED) is 0.496. The van der Waals surface area contributed by atoms with E-state index in [4.69, 9.17) is 9.47 Å². The van der Waals surface area contributed by atoms with Crippen LogP contribution in [0, 0.1) is 0 Å². The maximum absolute atomic E-state index is 5.88. The maximum atomic E-state index is 5.88. The molecule has 8 heteroatoms. The molecule has 8 nitrogen and oxygen atoms in total. The number of benzene rings is 1. The zero-order chi connectivity index (χ0) is 19.9. The Morgan fingerprint density at radius 1 is 0.966 bits per heavy atom. The Kier molecular flexibility index (Phi) is 5.61. The van der Waals surface area contributed by atoms with Gasteiger partial charge < -0.3 is 14.8 Å². The second kappa shape index (κ2) is 8.83. The Morgan fingerprint density at radius 3 is 2.66 bits per heavy atom. The van der Waals surface area contributed by atoms with Crippen molar-refractivity contribution in [2.75, 3.05) is 12.4 Å². The van der Waals surface area contributed by atoms with E-state index in [-0.39, 0.29) is 0 Å². The number of ether oxygens (including phenoxy) is 2. The molecule has 0 aliphatic heterocycles. The lowest BCUT2D eigenvalue weighted by Gasteiger charge is -2.13. The Morgan fingerprint density at radius 2 is 1.86 bits per heavy atom. The normalized spacial score (nSPS) is 10.5. The lowest BCUT2D eigenvalue weighted by Crippen LogP contribution is -2.06. The molecule has 0 aliphatic rings. The van der Waals surface area contributed by atoms with Crippen LogP contribution in [0.4, 0.5) is 5.82 Å². The Bertz CT molecular complexity index is 1050. The molecule has 0 fully saturated rings. The second-order valence-corrected chi connectivity index (χ2v) is 6.20. The first kappa shape index (κ1) is 18.4. The zero-order valence-electron chi connectivity index (χ0n) is 15.9. The molecule has 0 spiro atoms. The minimum absolute atomic E-state index is 0.451. The van der Waals surface area contributed by atoms with E-state index >= 15 is 0 Å². The summed E-state index contributed by atoms with van der Waals surface area (Å²) in [7, 11) is 1.63. The average Bonchev–Trinajstić information content (AvgIpc) is 3.32. The number of nitrogens with one attached hydrogen (secondary N) is 1. The molecule has 0 aliphatic carbocycles. The monoisotopic (exact) mass is 388 g/mol. The molecule has 0 saturated heterocycles. The molecule has 29 heavy (non-hydrogen) atoms. The number of pyridine rings is 1. The van der Waals surface area contributed by atoms with Gasteiger partial charge in [-0.3, -0.25) is 9.97 Å². The Balaban J connectivity index is 1.41. The molecule has 1 N–H and O–H groups in total. The van der Waals surface area contributed by atoms with Crippen molar-refractivity contribution in [1.82, 2.24) is 24.7 Å². The number of aromatic nitrogens is 5. The van der Waals surface area contributed by atoms with Crippen molar-refractivity contribution in [3.05, 3.63) is 84.7 Å². The van der Waals surface area contributed by atoms with E-state index in [1.54, 1.807) is 42.8 Å². The first-order chi connectivity index (χ1) is 14.3. The third-order valence-corrected chi connectivity index (χ3v) is 4.21. The summed E-state index contributed by atoms with van der Waals surface area (Å²) in [6.07, 6.45) is 10.4. The van der Waals surface area contributed by atoms with Crippen molar-refractivity contribution >= 4 is 5.82 Å². The van der Waals surface area contributed by atoms with Gasteiger partial charge in [0.1, 0.15) is 12.4 Å². The van der Waals surface area contributed by atoms with Crippen molar-refractivity contribution in [2.24, 2.45) is 0 Å². The zero-order valence-corrected chi connectivity index (χ0v) is 15.9. The highest BCUT2D eigenvalue weighted by Gasteiger charge is 2.07. The first-order valence-corrected chi connectivity index (χ1v) is 9.06. The molecule has 0 amide bonds. The minimum atomic E-state index is 0.451. The highest BCUT2D eigenvalue weighted by molar-refractivity contribution is 5.44. The van der Waals surface area contributed by atoms with Gasteiger partial charge >= 0.3 is 0 Å². The lowest BCUT2D eigenvalue weighted by molar-refractivity contribution is 0.284. The molecule has 0 bridgehead atoms. The molecule has 3 aromatic heterocycles. The largest absolute Gasteiger partial charge is 0.493 e. The van der Waals surface area contributed by atoms with E-state index in [9.17, 15) is 0 Å². The molecule has 3 heterocycles. The summed E-state index contributed by atoms with van der Waals surface area (Å²) in [6, 6.07) is 11.5. The van der Waals surface area contributed by atoms with E-state index < -0.39 is 0 Å². The molecule has 0 radical (unpaired) electrons. The van der Waals surface area contributed by atoms with Gasteiger partial charge in [0.05, 0.1) is 19.5 Å². The van der Waals surface area contributed by atoms with Gasteiger partial charge in [-0.25, -0.2) is 9.67 Å². The van der Waals surface area contributed by atoms with Crippen molar-refractivity contribution < 1.29 is 9.47 Å². The van der Waals surface area contributed by atoms with Crippen LogP contribution in [0.3, 0.4) is 0 Å². The molecule has 1 aromatic carbocycles. The summed E-state index contributed by atoms with van der Waals surface area (Å²) < 4.78 is 13.0. The molecule has 0 atom stereocenters. The summed E-state index contributed by atoms with van der Waals surface area (Å²) in [5.74, 6) is 2.68. The topological polar surface area (TPSA) is 87.0 Å². The predicted octanol–water partition coefficient (Wildman–Crippen LogP) is 3.26. The van der Waals surface area contributed by atoms with E-state index in [1.165, 1.54) is 0 Å². The summed E-state index contributed by atoms with van der Waals surface area (Å²) in [5.41, 5.74) is 2.08. The van der Waals surface area contributed by atoms with Crippen LogP contribution in [-0.4, -0.2) is 31.8 Å². The molecule has 0 saturated carbocycles. The van der Waals surface area contributed by atoms with E-state index in [0.717, 1.165) is 11.1 Å². The van der Waals surface area contributed by atoms with Crippen LogP contribution in [0.1, 0.15) is 11.1 Å². The smallest absolute Gasteiger partial charge is 0.173 e. The van der Waals surface area contributed by atoms with Crippen LogP contribution < -0.4 is 14.8 Å². The minimum Gasteiger partial charge on any atom is -0.493 e. The predicted molar refractivity (Wildman–Crippen MR) is 108 cm³/mol. The van der Waals surface area contributed by atoms with Gasteiger partial charge in [0, 0.05) is 31.3 Å². The molecule has 146 valence electrons. The second-order valence-electron chi connectivity index (χ2n) is 6.20. The van der Waals surface area contributed by atoms with E-state index in [2.05, 4.69) is 25.4 Å². The van der Waals surface area contributed by atoms with Crippen molar-refractivity contribution in [1.29, 1.82) is 0 Å². The van der Waals surface area contributed by atoms with Gasteiger partial charge in [-0.15, -0.1) is 0 Å². The summed E-state index contributed by atoms with van der Waals surface area (Å²) in [5, 5.41) is 7.44. The number of methoxy groups -OCH3 is 1. The van der Waals surface area contributed by atoms with Crippen LogP contribution in [0.5, 0.6) is 11.5 Å². The SMILES string of the molecule is COc1cc(CNc2cncc(-n3cccn3)n2)ccc1OCc1ccncc1. The van der Waals surface area contributed by atoms with Crippen LogP contribution in [0.15, 0.2) is 73.6 Å². The van der Waals surface area contributed by atoms with Gasteiger partial charge in [-0.2, -0.15) is 5.10 Å². The highest BCUT2D eigenvalue weighted by Crippen LogP contribution is 2.29.